The molecule has 0 aliphatic carbocycles. The molecule has 0 fully saturated rings. The van der Waals surface area contributed by atoms with Crippen molar-refractivity contribution in [3.8, 4) is 0 Å². The Kier molecular flexibility index (Phi) is 34.2. The van der Waals surface area contributed by atoms with Gasteiger partial charge in [0, 0.05) is 140 Å². The number of anilines is 4. The number of nitrogens with zero attached hydrogens (tertiary/aromatic N) is 11. The molecule has 7 heterocycles. The van der Waals surface area contributed by atoms with Crippen LogP contribution in [-0.2, 0) is 93.7 Å². The monoisotopic (exact) mass is 1960 g/mol. The molecule has 6 amide bonds. The summed E-state index contributed by atoms with van der Waals surface area (Å²) in [6.07, 6.45) is 10.7. The molecule has 17 rings (SSSR count). The van der Waals surface area contributed by atoms with Crippen molar-refractivity contribution in [1.82, 2.24) is 81.8 Å². The number of hydrogen-bond donors (Lipinski definition) is 10. The number of ketones is 2. The van der Waals surface area contributed by atoms with E-state index in [1.165, 1.54) is 43.0 Å². The molecule has 14 N–H and O–H groups in total. The van der Waals surface area contributed by atoms with Crippen molar-refractivity contribution >= 4 is 120 Å². The lowest BCUT2D eigenvalue weighted by molar-refractivity contribution is -0.135. The topological polar surface area (TPSA) is 438 Å². The van der Waals surface area contributed by atoms with Crippen molar-refractivity contribution in [2.75, 3.05) is 29.5 Å². The number of carbonyl (C=O) groups excluding carboxylic acids is 8. The highest BCUT2D eigenvalue weighted by atomic mass is 19.3. The highest BCUT2D eigenvalue weighted by Gasteiger charge is 2.30. The molecule has 6 aromatic heterocycles. The van der Waals surface area contributed by atoms with Gasteiger partial charge < -0.3 is 54.8 Å². The second-order valence-corrected chi connectivity index (χ2v) is 33.5. The second kappa shape index (κ2) is 48.2. The van der Waals surface area contributed by atoms with Gasteiger partial charge in [-0.25, -0.2) is 59.7 Å². The van der Waals surface area contributed by atoms with Crippen LogP contribution in [0.4, 0.5) is 67.2 Å². The maximum Gasteiger partial charge on any atom is 0.315 e. The van der Waals surface area contributed by atoms with Gasteiger partial charge >= 0.3 is 6.43 Å². The van der Waals surface area contributed by atoms with E-state index >= 15 is 0 Å². The fraction of sp³-hybridized carbons (Fsp3) is 0.171. The van der Waals surface area contributed by atoms with E-state index in [1.54, 1.807) is 107 Å². The summed E-state index contributed by atoms with van der Waals surface area (Å²) in [7, 11) is 0. The molecule has 29 nitrogen and oxygen atoms in total. The van der Waals surface area contributed by atoms with E-state index in [1.807, 2.05) is 96.4 Å². The summed E-state index contributed by atoms with van der Waals surface area (Å²) in [6.45, 7) is 2.01. The van der Waals surface area contributed by atoms with Crippen LogP contribution in [0.5, 0.6) is 0 Å². The molecule has 10 aromatic carbocycles. The number of tetrazole rings is 1. The molecule has 1 aliphatic heterocycles. The largest absolute Gasteiger partial charge is 0.383 e. The van der Waals surface area contributed by atoms with E-state index in [4.69, 9.17) is 22.9 Å². The number of amides is 6. The summed E-state index contributed by atoms with van der Waals surface area (Å²) in [6, 6.07) is 56.0. The van der Waals surface area contributed by atoms with Crippen LogP contribution in [0.1, 0.15) is 89.2 Å². The van der Waals surface area contributed by atoms with Gasteiger partial charge in [-0.3, -0.25) is 48.0 Å². The first-order chi connectivity index (χ1) is 69.3. The number of aromatic nitrogens is 10. The molecule has 0 unspecified atom stereocenters. The van der Waals surface area contributed by atoms with Gasteiger partial charge in [-0.1, -0.05) is 115 Å². The minimum Gasteiger partial charge on any atom is -0.383 e. The third-order valence-corrected chi connectivity index (χ3v) is 23.2. The van der Waals surface area contributed by atoms with Gasteiger partial charge in [0.2, 0.25) is 23.6 Å². The first-order valence-electron chi connectivity index (χ1n) is 44.8. The number of alkyl halides is 2. The molecule has 144 heavy (non-hydrogen) atoms. The van der Waals surface area contributed by atoms with Crippen LogP contribution in [0.15, 0.2) is 285 Å². The van der Waals surface area contributed by atoms with Gasteiger partial charge in [0.1, 0.15) is 41.7 Å². The number of nitrogen functional groups attached to an aromatic ring is 4. The van der Waals surface area contributed by atoms with E-state index in [0.717, 1.165) is 119 Å². The Morgan fingerprint density at radius 2 is 0.736 bits per heavy atom. The van der Waals surface area contributed by atoms with Crippen LogP contribution in [0.3, 0.4) is 0 Å². The molecule has 734 valence electrons. The zero-order valence-corrected chi connectivity index (χ0v) is 76.4. The van der Waals surface area contributed by atoms with Gasteiger partial charge in [0.05, 0.1) is 25.2 Å². The van der Waals surface area contributed by atoms with Gasteiger partial charge in [0.15, 0.2) is 58.1 Å². The van der Waals surface area contributed by atoms with Crippen molar-refractivity contribution < 1.29 is 82.3 Å². The van der Waals surface area contributed by atoms with Crippen LogP contribution >= 0.6 is 0 Å². The molecular weight excluding hydrogens is 1870 g/mol. The second-order valence-electron chi connectivity index (χ2n) is 33.5. The van der Waals surface area contributed by atoms with Crippen molar-refractivity contribution in [2.45, 2.75) is 96.3 Å². The summed E-state index contributed by atoms with van der Waals surface area (Å²) in [5, 5.41) is 37.6. The fourth-order valence-electron chi connectivity index (χ4n) is 15.7. The van der Waals surface area contributed by atoms with E-state index in [9.17, 15) is 82.3 Å². The standard InChI is InChI=1S/C31H27F2N5O2.C29H25F2N7O2.C24H21F2N5O2.C21H18F4N4O2/c32-27-8-6-20(16-28(27)33)13-25(17-29(39)24-4-1-3-22(15-24)19-38-12-2-10-37-38)31(40)36-18-21-5-7-26-23(14-21)9-11-35-30(26)34;30-25-8-4-19(13-26(25)31)11-23(14-27(39)21-5-1-18(2-6-21)16-38-17-35-36-37-38)29(40)34-15-20-3-7-24-22(12-20)9-10-33-28(24)32;25-19-4-2-14(10-20(19)26)11-21(31-23(32)17-5-7-28-13-17)24(33)30-12-15-1-3-18-16(9-15)6-8-29-22(18)27;22-15-4-2-11(8-16(15)23)9-17(29-21(31)18(24)25)20(30)28-10-12-1-3-14-13(7-12)5-6-27-19(14)26/h1-12,14-16,25H,13,17-19H2,(H2,34,35)(H,36,40);1-10,12-13,17,23H,11,14-16H2,(H2,32,33)(H,34,40);1-6,8-10,13,21H,7,11-12H2,(H2,27,29)(H,30,33)(H,31,32);1-8,17-18H,9-10H2,(H2,26,27)(H,28,30)(H,29,31)/t25-;23-;21-;17-/m1100/s1. The Hall–Kier alpha value is -17.8. The van der Waals surface area contributed by atoms with Gasteiger partial charge in [0.25, 0.3) is 11.8 Å². The number of benzene rings is 10. The Balaban J connectivity index is 0.000000153. The number of pyridine rings is 4. The Morgan fingerprint density at radius 3 is 1.11 bits per heavy atom. The summed E-state index contributed by atoms with van der Waals surface area (Å²) in [4.78, 5) is 123. The molecule has 1 aliphatic rings. The first-order valence-corrected chi connectivity index (χ1v) is 44.8. The molecule has 16 aromatic rings. The first kappa shape index (κ1) is 102. The number of hydrogen-bond acceptors (Lipinski definition) is 21. The summed E-state index contributed by atoms with van der Waals surface area (Å²) in [5.74, 6) is -12.7. The fourth-order valence-corrected chi connectivity index (χ4v) is 15.7. The zero-order chi connectivity index (χ0) is 102. The molecule has 0 spiro atoms. The maximum atomic E-state index is 13.9. The molecule has 0 radical (unpaired) electrons. The van der Waals surface area contributed by atoms with Crippen LogP contribution < -0.4 is 54.8 Å². The van der Waals surface area contributed by atoms with Crippen molar-refractivity contribution in [3.63, 3.8) is 0 Å². The minimum atomic E-state index is -3.33. The third-order valence-electron chi connectivity index (χ3n) is 23.2. The molecule has 4 atom stereocenters. The quantitative estimate of drug-likeness (QED) is 0.0132. The predicted molar refractivity (Wildman–Crippen MR) is 520 cm³/mol. The lowest BCUT2D eigenvalue weighted by Crippen LogP contribution is -2.49. The number of Topliss-reactive ketones (excluding diaryl/α,β-unsaturated/α-hetero) is 2. The highest BCUT2D eigenvalue weighted by Crippen LogP contribution is 2.29. The number of rotatable bonds is 34. The van der Waals surface area contributed by atoms with E-state index < -0.39 is 101 Å². The van der Waals surface area contributed by atoms with Gasteiger partial charge in [-0.05, 0) is 216 Å². The number of nitrogens with one attached hydrogen (secondary N) is 6. The zero-order valence-electron chi connectivity index (χ0n) is 76.4. The number of nitrogens with two attached hydrogens (primary N) is 4. The SMILES string of the molecule is Nc1nccc2cc(CNC(=O)[C@@H](CC(=O)c3ccc(Cn4cnnn4)cc3)Cc3ccc(F)c(F)c3)ccc12.Nc1nccc2cc(CNC(=O)[C@@H](CC(=O)c3cccc(Cn4cccn4)c3)Cc3ccc(F)c(F)c3)ccc12.Nc1nccc2cc(CNC(=O)[C@H](Cc3ccc(F)c(F)c3)NC(=O)C(F)F)ccc12.Nc1nccc2cc(CNC(=O)[C@H](Cc3ccc(F)c(F)c3)NC(=O)C3=CCN=C3)ccc12. The molecular formula is C105H91F10N21O8. The van der Waals surface area contributed by atoms with Crippen molar-refractivity contribution in [1.29, 1.82) is 0 Å². The van der Waals surface area contributed by atoms with Crippen molar-refractivity contribution in [2.24, 2.45) is 16.8 Å². The van der Waals surface area contributed by atoms with Crippen molar-refractivity contribution in [3.05, 3.63) is 393 Å². The minimum absolute atomic E-state index is 0.0148. The molecule has 0 saturated heterocycles. The molecule has 39 heteroatoms. The van der Waals surface area contributed by atoms with Crippen LogP contribution in [0.2, 0.25) is 0 Å². The predicted octanol–water partition coefficient (Wildman–Crippen LogP) is 14.1. The van der Waals surface area contributed by atoms with Gasteiger partial charge in [-0.2, -0.15) is 13.9 Å². The lowest BCUT2D eigenvalue weighted by Gasteiger charge is -2.19. The summed E-state index contributed by atoms with van der Waals surface area (Å²) >= 11 is 0. The Labute approximate surface area is 815 Å². The highest BCUT2D eigenvalue weighted by molar-refractivity contribution is 6.14. The molecule has 0 saturated carbocycles. The van der Waals surface area contributed by atoms with E-state index in [-0.39, 0.29) is 93.6 Å². The normalized spacial score (nSPS) is 12.3. The van der Waals surface area contributed by atoms with Crippen LogP contribution in [0.25, 0.3) is 43.1 Å². The lowest BCUT2D eigenvalue weighted by atomic mass is 9.90. The number of fused-ring (bicyclic) bond motifs is 4. The van der Waals surface area contributed by atoms with Gasteiger partial charge in [-0.15, -0.1) is 5.10 Å². The maximum absolute atomic E-state index is 13.9. The average molecular weight is 1970 g/mol. The number of halogens is 10. The summed E-state index contributed by atoms with van der Waals surface area (Å²) < 4.78 is 137. The summed E-state index contributed by atoms with van der Waals surface area (Å²) in [5.41, 5.74) is 31.1. The van der Waals surface area contributed by atoms with E-state index in [2.05, 4.69) is 72.1 Å². The average Bonchev–Trinajstić information content (AvgIpc) is 1.34. The van der Waals surface area contributed by atoms with E-state index in [0.29, 0.717) is 81.9 Å². The number of aliphatic imine (C=N–C) groups is 1. The number of carbonyl (C=O) groups is 8. The molecule has 0 bridgehead atoms. The Bertz CT molecular complexity index is 7470. The Morgan fingerprint density at radius 1 is 0.354 bits per heavy atom. The smallest absolute Gasteiger partial charge is 0.315 e. The third kappa shape index (κ3) is 28.1. The van der Waals surface area contributed by atoms with Crippen LogP contribution in [-0.4, -0.2) is 128 Å². The van der Waals surface area contributed by atoms with Crippen LogP contribution in [0, 0.1) is 58.4 Å².